The van der Waals surface area contributed by atoms with E-state index < -0.39 is 0 Å². The minimum Gasteiger partial charge on any atom is -0.481 e. The maximum absolute atomic E-state index is 13.5. The number of benzene rings is 4. The van der Waals surface area contributed by atoms with Gasteiger partial charge in [-0.25, -0.2) is 0 Å². The van der Waals surface area contributed by atoms with Gasteiger partial charge in [-0.1, -0.05) is 71.7 Å². The number of nitrogens with zero attached hydrogens (tertiary/aromatic N) is 2. The van der Waals surface area contributed by atoms with Crippen LogP contribution in [-0.2, 0) is 9.59 Å². The van der Waals surface area contributed by atoms with E-state index in [1.807, 2.05) is 72.8 Å². The minimum atomic E-state index is -0.371. The Hall–Kier alpha value is -3.43. The molecule has 6 nitrogen and oxygen atoms in total. The highest BCUT2D eigenvalue weighted by molar-refractivity contribution is 9.11. The topological polar surface area (TPSA) is 71.0 Å². The maximum Gasteiger partial charge on any atom is 0.281 e. The van der Waals surface area contributed by atoms with Crippen LogP contribution in [-0.4, -0.2) is 24.1 Å². The molecule has 200 valence electrons. The third kappa shape index (κ3) is 6.31. The van der Waals surface area contributed by atoms with Gasteiger partial charge >= 0.3 is 0 Å². The summed E-state index contributed by atoms with van der Waals surface area (Å²) in [5.41, 5.74) is 3.75. The van der Waals surface area contributed by atoms with Crippen molar-refractivity contribution >= 4 is 90.0 Å². The smallest absolute Gasteiger partial charge is 0.281 e. The van der Waals surface area contributed by atoms with Crippen molar-refractivity contribution < 1.29 is 14.3 Å². The number of hydrazone groups is 1. The molecule has 4 aromatic carbocycles. The summed E-state index contributed by atoms with van der Waals surface area (Å²) >= 11 is 19.0. The zero-order valence-electron chi connectivity index (χ0n) is 20.6. The lowest BCUT2D eigenvalue weighted by atomic mass is 10.0. The molecular formula is C30H19Br2Cl2N3O3. The van der Waals surface area contributed by atoms with E-state index in [0.717, 1.165) is 11.1 Å². The summed E-state index contributed by atoms with van der Waals surface area (Å²) in [6.07, 6.45) is 1.79. The number of halogens is 4. The van der Waals surface area contributed by atoms with E-state index in [1.165, 1.54) is 5.01 Å². The highest BCUT2D eigenvalue weighted by Gasteiger charge is 2.32. The van der Waals surface area contributed by atoms with E-state index in [-0.39, 0.29) is 18.4 Å². The molecule has 1 aliphatic heterocycles. The first-order valence-corrected chi connectivity index (χ1v) is 14.3. The lowest BCUT2D eigenvalue weighted by Gasteiger charge is -2.13. The first kappa shape index (κ1) is 28.1. The van der Waals surface area contributed by atoms with Gasteiger partial charge in [0.1, 0.15) is 11.5 Å². The molecule has 1 heterocycles. The van der Waals surface area contributed by atoms with Gasteiger partial charge in [-0.3, -0.25) is 9.59 Å². The molecule has 0 radical (unpaired) electrons. The number of hydrogen-bond acceptors (Lipinski definition) is 4. The molecule has 1 aliphatic rings. The Kier molecular flexibility index (Phi) is 8.71. The SMILES string of the molecule is O=C(COc1c(Br)cc(/C=C2\C(=O)N(c3ccccc3)N=C2c2ccccc2)cc1Br)Nc1ccc(Cl)c(Cl)c1. The highest BCUT2D eigenvalue weighted by atomic mass is 79.9. The van der Waals surface area contributed by atoms with E-state index in [9.17, 15) is 9.59 Å². The largest absolute Gasteiger partial charge is 0.481 e. The monoisotopic (exact) mass is 697 g/mol. The number of carbonyl (C=O) groups excluding carboxylic acids is 2. The van der Waals surface area contributed by atoms with Gasteiger partial charge in [0.2, 0.25) is 0 Å². The second-order valence-electron chi connectivity index (χ2n) is 8.60. The molecule has 0 saturated heterocycles. The van der Waals surface area contributed by atoms with E-state index >= 15 is 0 Å². The van der Waals surface area contributed by atoms with Crippen molar-refractivity contribution in [2.45, 2.75) is 0 Å². The van der Waals surface area contributed by atoms with Crippen molar-refractivity contribution in [2.24, 2.45) is 5.10 Å². The molecule has 10 heteroatoms. The number of carbonyl (C=O) groups is 2. The molecule has 0 unspecified atom stereocenters. The number of amides is 2. The van der Waals surface area contributed by atoms with Gasteiger partial charge < -0.3 is 10.1 Å². The Morgan fingerprint density at radius 2 is 1.55 bits per heavy atom. The van der Waals surface area contributed by atoms with E-state index in [2.05, 4.69) is 42.3 Å². The molecule has 2 amide bonds. The molecule has 0 saturated carbocycles. The predicted octanol–water partition coefficient (Wildman–Crippen LogP) is 8.37. The number of para-hydroxylation sites is 1. The fourth-order valence-electron chi connectivity index (χ4n) is 3.97. The highest BCUT2D eigenvalue weighted by Crippen LogP contribution is 2.36. The summed E-state index contributed by atoms with van der Waals surface area (Å²) in [4.78, 5) is 26.0. The van der Waals surface area contributed by atoms with Crippen LogP contribution in [0.5, 0.6) is 5.75 Å². The molecular weight excluding hydrogens is 681 g/mol. The fraction of sp³-hybridized carbons (Fsp3) is 0.0333. The van der Waals surface area contributed by atoms with Crippen molar-refractivity contribution in [3.63, 3.8) is 0 Å². The third-order valence-electron chi connectivity index (χ3n) is 5.81. The van der Waals surface area contributed by atoms with Crippen molar-refractivity contribution in [1.82, 2.24) is 0 Å². The van der Waals surface area contributed by atoms with E-state index in [1.54, 1.807) is 24.3 Å². The van der Waals surface area contributed by atoms with Crippen LogP contribution in [0.1, 0.15) is 11.1 Å². The lowest BCUT2D eigenvalue weighted by Crippen LogP contribution is -2.21. The predicted molar refractivity (Wildman–Crippen MR) is 167 cm³/mol. The van der Waals surface area contributed by atoms with Crippen LogP contribution in [0.15, 0.2) is 111 Å². The van der Waals surface area contributed by atoms with Gasteiger partial charge in [0.25, 0.3) is 11.8 Å². The zero-order valence-corrected chi connectivity index (χ0v) is 25.3. The first-order valence-electron chi connectivity index (χ1n) is 11.9. The van der Waals surface area contributed by atoms with Crippen molar-refractivity contribution in [3.05, 3.63) is 127 Å². The van der Waals surface area contributed by atoms with Gasteiger partial charge in [-0.05, 0) is 86.0 Å². The van der Waals surface area contributed by atoms with Crippen molar-refractivity contribution in [2.75, 3.05) is 16.9 Å². The van der Waals surface area contributed by atoms with Gasteiger partial charge in [-0.2, -0.15) is 10.1 Å². The molecule has 4 aromatic rings. The van der Waals surface area contributed by atoms with Crippen LogP contribution in [0.4, 0.5) is 11.4 Å². The maximum atomic E-state index is 13.5. The first-order chi connectivity index (χ1) is 19.3. The Morgan fingerprint density at radius 3 is 2.20 bits per heavy atom. The van der Waals surface area contributed by atoms with Gasteiger partial charge in [-0.15, -0.1) is 0 Å². The Bertz CT molecular complexity index is 1640. The summed E-state index contributed by atoms with van der Waals surface area (Å²) in [6, 6.07) is 27.3. The number of anilines is 2. The van der Waals surface area contributed by atoms with Crippen molar-refractivity contribution in [1.29, 1.82) is 0 Å². The van der Waals surface area contributed by atoms with E-state index in [0.29, 0.717) is 47.4 Å². The second-order valence-corrected chi connectivity index (χ2v) is 11.1. The average molecular weight is 700 g/mol. The molecule has 0 aliphatic carbocycles. The Labute approximate surface area is 257 Å². The van der Waals surface area contributed by atoms with E-state index in [4.69, 9.17) is 27.9 Å². The molecule has 5 rings (SSSR count). The second kappa shape index (κ2) is 12.4. The molecule has 40 heavy (non-hydrogen) atoms. The van der Waals surface area contributed by atoms with Crippen LogP contribution in [0.2, 0.25) is 10.0 Å². The van der Waals surface area contributed by atoms with Crippen LogP contribution in [0.25, 0.3) is 6.08 Å². The third-order valence-corrected chi connectivity index (χ3v) is 7.73. The van der Waals surface area contributed by atoms with Crippen LogP contribution < -0.4 is 15.1 Å². The molecule has 1 N–H and O–H groups in total. The summed E-state index contributed by atoms with van der Waals surface area (Å²) < 4.78 is 6.98. The standard InChI is InChI=1S/C30H19Br2Cl2N3O3/c31-23-14-18(15-24(32)29(23)40-17-27(38)35-20-11-12-25(33)26(34)16-20)13-22-28(19-7-3-1-4-8-19)36-37(30(22)39)21-9-5-2-6-10-21/h1-16H,17H2,(H,35,38)/b22-13-. The molecule has 0 atom stereocenters. The molecule has 0 fully saturated rings. The minimum absolute atomic E-state index is 0.239. The average Bonchev–Trinajstić information content (AvgIpc) is 3.27. The zero-order chi connectivity index (χ0) is 28.2. The number of rotatable bonds is 7. The lowest BCUT2D eigenvalue weighted by molar-refractivity contribution is -0.118. The summed E-state index contributed by atoms with van der Waals surface area (Å²) in [6.45, 7) is -0.243. The number of hydrogen-bond donors (Lipinski definition) is 1. The van der Waals surface area contributed by atoms with Crippen LogP contribution in [0, 0.1) is 0 Å². The molecule has 0 aromatic heterocycles. The van der Waals surface area contributed by atoms with Gasteiger partial charge in [0.05, 0.1) is 30.3 Å². The number of nitrogens with one attached hydrogen (secondary N) is 1. The van der Waals surface area contributed by atoms with Gasteiger partial charge in [0.15, 0.2) is 6.61 Å². The van der Waals surface area contributed by atoms with Crippen LogP contribution >= 0.6 is 55.1 Å². The summed E-state index contributed by atoms with van der Waals surface area (Å²) in [5.74, 6) is -0.173. The summed E-state index contributed by atoms with van der Waals surface area (Å²) in [5, 5.41) is 9.52. The Morgan fingerprint density at radius 1 is 0.900 bits per heavy atom. The Balaban J connectivity index is 1.38. The molecule has 0 spiro atoms. The van der Waals surface area contributed by atoms with Gasteiger partial charge in [0, 0.05) is 11.3 Å². The summed E-state index contributed by atoms with van der Waals surface area (Å²) in [7, 11) is 0. The quantitative estimate of drug-likeness (QED) is 0.197. The number of ether oxygens (including phenoxy) is 1. The van der Waals surface area contributed by atoms with Crippen molar-refractivity contribution in [3.8, 4) is 5.75 Å². The normalized spacial score (nSPS) is 13.9. The fourth-order valence-corrected chi connectivity index (χ4v) is 5.72. The molecule has 0 bridgehead atoms. The van der Waals surface area contributed by atoms with Crippen LogP contribution in [0.3, 0.4) is 0 Å².